The van der Waals surface area contributed by atoms with Gasteiger partial charge in [-0.05, 0) is 48.4 Å². The Morgan fingerprint density at radius 1 is 1.07 bits per heavy atom. The predicted molar refractivity (Wildman–Crippen MR) is 110 cm³/mol. The highest BCUT2D eigenvalue weighted by atomic mass is 32.2. The summed E-state index contributed by atoms with van der Waals surface area (Å²) in [5.41, 5.74) is 0.530. The second-order valence-corrected chi connectivity index (χ2v) is 9.24. The third-order valence-electron chi connectivity index (χ3n) is 3.92. The van der Waals surface area contributed by atoms with Crippen molar-refractivity contribution >= 4 is 37.8 Å². The molecule has 0 heterocycles. The number of aliphatic carboxylic acids is 1. The molecule has 2 aromatic rings. The molecule has 162 valence electrons. The van der Waals surface area contributed by atoms with Crippen molar-refractivity contribution in [2.24, 2.45) is 5.14 Å². The number of carboxylic acids is 1. The molecular weight excluding hydrogens is 436 g/mol. The topological polar surface area (TPSA) is 162 Å². The van der Waals surface area contributed by atoms with E-state index in [1.165, 1.54) is 51.5 Å². The fraction of sp³-hybridized carbons (Fsp3) is 0.167. The summed E-state index contributed by atoms with van der Waals surface area (Å²) in [6.45, 7) is 1.52. The van der Waals surface area contributed by atoms with E-state index in [1.54, 1.807) is 0 Å². The van der Waals surface area contributed by atoms with Gasteiger partial charge in [0.05, 0.1) is 24.8 Å². The first-order valence-corrected chi connectivity index (χ1v) is 11.3. The maximum atomic E-state index is 13.0. The molecule has 0 saturated heterocycles. The minimum absolute atomic E-state index is 0.0443. The average molecular weight is 456 g/mol. The van der Waals surface area contributed by atoms with Gasteiger partial charge < -0.3 is 14.6 Å². The van der Waals surface area contributed by atoms with Crippen molar-refractivity contribution in [3.63, 3.8) is 0 Å². The number of ether oxygens (including phenoxy) is 2. The molecule has 0 radical (unpaired) electrons. The molecule has 30 heavy (non-hydrogen) atoms. The number of methoxy groups -OCH3 is 2. The first kappa shape index (κ1) is 23.2. The summed E-state index contributed by atoms with van der Waals surface area (Å²) < 4.78 is 62.0. The van der Waals surface area contributed by atoms with Crippen molar-refractivity contribution in [1.29, 1.82) is 0 Å². The molecule has 10 nitrogen and oxygen atoms in total. The molecule has 0 atom stereocenters. The van der Waals surface area contributed by atoms with E-state index in [4.69, 9.17) is 19.7 Å². The number of aryl methyl sites for hydroxylation is 1. The van der Waals surface area contributed by atoms with Gasteiger partial charge in [-0.1, -0.05) is 6.07 Å². The molecule has 0 aliphatic heterocycles. The zero-order valence-corrected chi connectivity index (χ0v) is 17.9. The zero-order chi connectivity index (χ0) is 22.7. The average Bonchev–Trinajstić information content (AvgIpc) is 2.65. The van der Waals surface area contributed by atoms with Crippen LogP contribution >= 0.6 is 0 Å². The second kappa shape index (κ2) is 8.73. The Kier molecular flexibility index (Phi) is 6.75. The number of rotatable bonds is 8. The summed E-state index contributed by atoms with van der Waals surface area (Å²) in [6, 6.07) is 6.47. The van der Waals surface area contributed by atoms with Crippen molar-refractivity contribution in [2.45, 2.75) is 16.7 Å². The number of hydrogen-bond acceptors (Lipinski definition) is 7. The highest BCUT2D eigenvalue weighted by Crippen LogP contribution is 2.37. The van der Waals surface area contributed by atoms with E-state index >= 15 is 0 Å². The lowest BCUT2D eigenvalue weighted by molar-refractivity contribution is -0.131. The van der Waals surface area contributed by atoms with Crippen LogP contribution in [0.2, 0.25) is 0 Å². The van der Waals surface area contributed by atoms with E-state index in [1.807, 2.05) is 0 Å². The Morgan fingerprint density at radius 2 is 1.73 bits per heavy atom. The maximum absolute atomic E-state index is 13.0. The molecule has 2 aromatic carbocycles. The Labute approximate surface area is 174 Å². The number of nitrogens with one attached hydrogen (secondary N) is 1. The molecule has 0 spiro atoms. The smallest absolute Gasteiger partial charge is 0.328 e. The van der Waals surface area contributed by atoms with Gasteiger partial charge in [0.25, 0.3) is 10.0 Å². The fourth-order valence-corrected chi connectivity index (χ4v) is 4.67. The van der Waals surface area contributed by atoms with Gasteiger partial charge in [0.1, 0.15) is 4.90 Å². The molecule has 4 N–H and O–H groups in total. The number of carbonyl (C=O) groups is 1. The molecule has 12 heteroatoms. The van der Waals surface area contributed by atoms with Crippen LogP contribution in [0.3, 0.4) is 0 Å². The first-order valence-electron chi connectivity index (χ1n) is 8.22. The summed E-state index contributed by atoms with van der Waals surface area (Å²) >= 11 is 0. The number of carboxylic acid groups (broad SMARTS) is 1. The van der Waals surface area contributed by atoms with E-state index in [-0.39, 0.29) is 32.5 Å². The van der Waals surface area contributed by atoms with Gasteiger partial charge in [0, 0.05) is 6.08 Å². The number of nitrogens with two attached hydrogens (primary N) is 1. The highest BCUT2D eigenvalue weighted by Gasteiger charge is 2.25. The highest BCUT2D eigenvalue weighted by molar-refractivity contribution is 7.92. The zero-order valence-electron chi connectivity index (χ0n) is 16.2. The van der Waals surface area contributed by atoms with Crippen LogP contribution in [0.5, 0.6) is 11.5 Å². The van der Waals surface area contributed by atoms with Gasteiger partial charge in [-0.3, -0.25) is 4.72 Å². The minimum atomic E-state index is -4.30. The lowest BCUT2D eigenvalue weighted by atomic mass is 10.2. The first-order chi connectivity index (χ1) is 13.9. The van der Waals surface area contributed by atoms with Crippen LogP contribution in [0, 0.1) is 6.92 Å². The van der Waals surface area contributed by atoms with Gasteiger partial charge in [0.15, 0.2) is 11.5 Å². The van der Waals surface area contributed by atoms with Crippen LogP contribution in [-0.4, -0.2) is 42.1 Å². The molecule has 0 saturated carbocycles. The molecule has 0 bridgehead atoms. The van der Waals surface area contributed by atoms with Gasteiger partial charge in [0.2, 0.25) is 10.0 Å². The third kappa shape index (κ3) is 5.28. The quantitative estimate of drug-likeness (QED) is 0.504. The molecule has 0 aromatic heterocycles. The molecule has 0 aliphatic rings. The van der Waals surface area contributed by atoms with Crippen molar-refractivity contribution in [3.8, 4) is 11.5 Å². The van der Waals surface area contributed by atoms with Gasteiger partial charge in [-0.25, -0.2) is 26.8 Å². The van der Waals surface area contributed by atoms with Crippen molar-refractivity contribution in [1.82, 2.24) is 0 Å². The number of hydrogen-bond donors (Lipinski definition) is 3. The van der Waals surface area contributed by atoms with Gasteiger partial charge in [-0.2, -0.15) is 0 Å². The van der Waals surface area contributed by atoms with Crippen LogP contribution in [0.25, 0.3) is 6.08 Å². The summed E-state index contributed by atoms with van der Waals surface area (Å²) in [7, 11) is -5.82. The molecular formula is C18H20N2O8S2. The van der Waals surface area contributed by atoms with E-state index in [9.17, 15) is 21.6 Å². The molecule has 0 unspecified atom stereocenters. The monoisotopic (exact) mass is 456 g/mol. The summed E-state index contributed by atoms with van der Waals surface area (Å²) in [5.74, 6) is -1.28. The SMILES string of the molecule is COc1cc(/C=C/C(=O)O)cc(S(=O)(=O)Nc2ccc(C)c(S(N)(=O)=O)c2)c1OC. The summed E-state index contributed by atoms with van der Waals surface area (Å²) in [6.07, 6.45) is 2.03. The summed E-state index contributed by atoms with van der Waals surface area (Å²) in [5, 5.41) is 14.0. The third-order valence-corrected chi connectivity index (χ3v) is 6.36. The lowest BCUT2D eigenvalue weighted by Crippen LogP contribution is -2.17. The number of benzene rings is 2. The maximum Gasteiger partial charge on any atom is 0.328 e. The predicted octanol–water partition coefficient (Wildman–Crippen LogP) is 1.56. The normalized spacial score (nSPS) is 12.0. The van der Waals surface area contributed by atoms with Crippen LogP contribution in [-0.2, 0) is 24.8 Å². The van der Waals surface area contributed by atoms with Crippen molar-refractivity contribution in [2.75, 3.05) is 18.9 Å². The molecule has 2 rings (SSSR count). The van der Waals surface area contributed by atoms with E-state index in [0.717, 1.165) is 12.1 Å². The Bertz CT molecular complexity index is 1220. The summed E-state index contributed by atoms with van der Waals surface area (Å²) in [4.78, 5) is 10.2. The van der Waals surface area contributed by atoms with Crippen LogP contribution in [0.1, 0.15) is 11.1 Å². The number of sulfonamides is 2. The Balaban J connectivity index is 2.61. The Hall–Kier alpha value is -3.09. The van der Waals surface area contributed by atoms with E-state index in [2.05, 4.69) is 4.72 Å². The van der Waals surface area contributed by atoms with Crippen molar-refractivity contribution in [3.05, 3.63) is 47.5 Å². The number of primary sulfonamides is 1. The minimum Gasteiger partial charge on any atom is -0.493 e. The molecule has 0 amide bonds. The lowest BCUT2D eigenvalue weighted by Gasteiger charge is -2.16. The molecule has 0 aliphatic carbocycles. The van der Waals surface area contributed by atoms with Crippen LogP contribution < -0.4 is 19.3 Å². The largest absolute Gasteiger partial charge is 0.493 e. The Morgan fingerprint density at radius 3 is 2.27 bits per heavy atom. The second-order valence-electron chi connectivity index (χ2n) is 6.06. The molecule has 0 fully saturated rings. The van der Waals surface area contributed by atoms with E-state index < -0.39 is 26.0 Å². The van der Waals surface area contributed by atoms with Crippen LogP contribution in [0.15, 0.2) is 46.2 Å². The van der Waals surface area contributed by atoms with Gasteiger partial charge >= 0.3 is 5.97 Å². The van der Waals surface area contributed by atoms with Gasteiger partial charge in [-0.15, -0.1) is 0 Å². The van der Waals surface area contributed by atoms with Crippen LogP contribution in [0.4, 0.5) is 5.69 Å². The van der Waals surface area contributed by atoms with Crippen molar-refractivity contribution < 1.29 is 36.2 Å². The fourth-order valence-electron chi connectivity index (χ4n) is 2.59. The number of anilines is 1. The van der Waals surface area contributed by atoms with E-state index in [0.29, 0.717) is 5.56 Å². The standard InChI is InChI=1S/C18H20N2O8S2/c1-11-4-6-13(10-15(11)29(19,23)24)20-30(25,26)16-9-12(5-7-17(21)22)8-14(27-2)18(16)28-3/h4-10,20H,1-3H3,(H,21,22)(H2,19,23,24)/b7-5+.